The van der Waals surface area contributed by atoms with Crippen LogP contribution in [0.1, 0.15) is 27.5 Å². The quantitative estimate of drug-likeness (QED) is 0.622. The second-order valence-corrected chi connectivity index (χ2v) is 8.13. The summed E-state index contributed by atoms with van der Waals surface area (Å²) in [4.78, 5) is 17.5. The van der Waals surface area contributed by atoms with Crippen LogP contribution in [0.15, 0.2) is 34.9 Å². The summed E-state index contributed by atoms with van der Waals surface area (Å²) >= 11 is 6.33. The van der Waals surface area contributed by atoms with E-state index in [1.165, 1.54) is 5.69 Å². The van der Waals surface area contributed by atoms with Crippen molar-refractivity contribution in [3.05, 3.63) is 58.1 Å². The average Bonchev–Trinajstić information content (AvgIpc) is 3.27. The minimum atomic E-state index is -0.0538. The molecule has 1 amide bonds. The zero-order valence-corrected chi connectivity index (χ0v) is 18.3. The Labute approximate surface area is 181 Å². The van der Waals surface area contributed by atoms with Crippen LogP contribution in [0.5, 0.6) is 0 Å². The zero-order valence-electron chi connectivity index (χ0n) is 17.6. The second kappa shape index (κ2) is 8.62. The lowest BCUT2D eigenvalue weighted by molar-refractivity contribution is 0.0630. The molecule has 7 nitrogen and oxygen atoms in total. The maximum atomic E-state index is 13.3. The van der Waals surface area contributed by atoms with Gasteiger partial charge in [0.05, 0.1) is 17.3 Å². The summed E-state index contributed by atoms with van der Waals surface area (Å²) < 4.78 is 7.41. The van der Waals surface area contributed by atoms with Crippen molar-refractivity contribution in [2.45, 2.75) is 27.3 Å². The van der Waals surface area contributed by atoms with Gasteiger partial charge in [0.25, 0.3) is 5.91 Å². The summed E-state index contributed by atoms with van der Waals surface area (Å²) in [5.41, 5.74) is 3.94. The number of nitrogens with zero attached hydrogens (tertiary/aromatic N) is 5. The Bertz CT molecular complexity index is 1050. The number of halogens is 1. The fraction of sp³-hybridized carbons (Fsp3) is 0.409. The molecule has 0 N–H and O–H groups in total. The van der Waals surface area contributed by atoms with E-state index in [1.807, 2.05) is 34.7 Å². The van der Waals surface area contributed by atoms with Gasteiger partial charge < -0.3 is 9.42 Å². The summed E-state index contributed by atoms with van der Waals surface area (Å²) in [7, 11) is 0. The highest BCUT2D eigenvalue weighted by Crippen LogP contribution is 2.31. The molecule has 1 aliphatic heterocycles. The summed E-state index contributed by atoms with van der Waals surface area (Å²) in [6.45, 7) is 10.6. The lowest BCUT2D eigenvalue weighted by Crippen LogP contribution is -2.49. The summed E-state index contributed by atoms with van der Waals surface area (Å²) in [6, 6.07) is 9.46. The fourth-order valence-electron chi connectivity index (χ4n) is 3.93. The van der Waals surface area contributed by atoms with Crippen molar-refractivity contribution in [1.29, 1.82) is 0 Å². The van der Waals surface area contributed by atoms with E-state index in [0.29, 0.717) is 40.7 Å². The molecule has 0 bridgehead atoms. The Morgan fingerprint density at radius 3 is 2.50 bits per heavy atom. The van der Waals surface area contributed by atoms with Gasteiger partial charge in [-0.25, -0.2) is 0 Å². The van der Waals surface area contributed by atoms with E-state index in [9.17, 15) is 4.79 Å². The van der Waals surface area contributed by atoms with Crippen LogP contribution in [-0.2, 0) is 6.54 Å². The summed E-state index contributed by atoms with van der Waals surface area (Å²) in [5, 5.41) is 9.20. The highest BCUT2D eigenvalue weighted by molar-refractivity contribution is 6.33. The standard InChI is InChI=1S/C22H26ClN5O2/c1-15-14-16(2)28(24-15)13-10-26-8-11-27(12-9-26)22(29)20-17(3)30-25-21(20)18-6-4-5-7-19(18)23/h4-7,14H,8-13H2,1-3H3. The molecular weight excluding hydrogens is 402 g/mol. The number of hydrogen-bond acceptors (Lipinski definition) is 5. The lowest BCUT2D eigenvalue weighted by Gasteiger charge is -2.34. The molecule has 0 radical (unpaired) electrons. The highest BCUT2D eigenvalue weighted by Gasteiger charge is 2.29. The van der Waals surface area contributed by atoms with Gasteiger partial charge in [-0.2, -0.15) is 5.10 Å². The number of hydrogen-bond donors (Lipinski definition) is 0. The number of carbonyl (C=O) groups excluding carboxylic acids is 1. The lowest BCUT2D eigenvalue weighted by atomic mass is 10.0. The molecule has 2 aromatic heterocycles. The maximum absolute atomic E-state index is 13.3. The minimum absolute atomic E-state index is 0.0538. The molecule has 4 rings (SSSR count). The van der Waals surface area contributed by atoms with Gasteiger partial charge in [0.1, 0.15) is 17.0 Å². The van der Waals surface area contributed by atoms with Crippen LogP contribution in [0.25, 0.3) is 11.3 Å². The predicted octanol–water partition coefficient (Wildman–Crippen LogP) is 3.57. The van der Waals surface area contributed by atoms with Crippen LogP contribution >= 0.6 is 11.6 Å². The number of amides is 1. The normalized spacial score (nSPS) is 15.0. The molecule has 1 fully saturated rings. The van der Waals surface area contributed by atoms with Crippen LogP contribution in [0.2, 0.25) is 5.02 Å². The first kappa shape index (κ1) is 20.6. The van der Waals surface area contributed by atoms with Crippen LogP contribution in [0, 0.1) is 20.8 Å². The first-order chi connectivity index (χ1) is 14.4. The van der Waals surface area contributed by atoms with Gasteiger partial charge in [0.2, 0.25) is 0 Å². The van der Waals surface area contributed by atoms with E-state index in [0.717, 1.165) is 31.9 Å². The molecule has 0 saturated carbocycles. The third-order valence-electron chi connectivity index (χ3n) is 5.60. The molecular formula is C22H26ClN5O2. The number of aryl methyl sites for hydroxylation is 3. The number of piperazine rings is 1. The molecule has 1 aromatic carbocycles. The molecule has 3 heterocycles. The smallest absolute Gasteiger partial charge is 0.259 e. The van der Waals surface area contributed by atoms with Crippen molar-refractivity contribution in [3.63, 3.8) is 0 Å². The molecule has 0 aliphatic carbocycles. The van der Waals surface area contributed by atoms with E-state index in [2.05, 4.69) is 28.1 Å². The number of rotatable bonds is 5. The third kappa shape index (κ3) is 4.13. The van der Waals surface area contributed by atoms with Crippen LogP contribution in [0.4, 0.5) is 0 Å². The molecule has 158 valence electrons. The van der Waals surface area contributed by atoms with Gasteiger partial charge in [-0.15, -0.1) is 0 Å². The monoisotopic (exact) mass is 427 g/mol. The van der Waals surface area contributed by atoms with Gasteiger partial charge in [-0.3, -0.25) is 14.4 Å². The van der Waals surface area contributed by atoms with Gasteiger partial charge in [0, 0.05) is 44.0 Å². The Morgan fingerprint density at radius 1 is 1.10 bits per heavy atom. The number of carbonyl (C=O) groups is 1. The van der Waals surface area contributed by atoms with E-state index >= 15 is 0 Å². The van der Waals surface area contributed by atoms with Gasteiger partial charge in [-0.05, 0) is 32.9 Å². The van der Waals surface area contributed by atoms with Crippen molar-refractivity contribution < 1.29 is 9.32 Å². The Morgan fingerprint density at radius 2 is 1.83 bits per heavy atom. The van der Waals surface area contributed by atoms with E-state index in [-0.39, 0.29) is 5.91 Å². The maximum Gasteiger partial charge on any atom is 0.259 e. The number of aromatic nitrogens is 3. The molecule has 0 atom stereocenters. The van der Waals surface area contributed by atoms with E-state index in [4.69, 9.17) is 16.1 Å². The first-order valence-electron chi connectivity index (χ1n) is 10.2. The Hall–Kier alpha value is -2.64. The Balaban J connectivity index is 1.41. The van der Waals surface area contributed by atoms with E-state index in [1.54, 1.807) is 13.0 Å². The van der Waals surface area contributed by atoms with Crippen molar-refractivity contribution in [3.8, 4) is 11.3 Å². The van der Waals surface area contributed by atoms with Crippen molar-refractivity contribution in [1.82, 2.24) is 24.7 Å². The zero-order chi connectivity index (χ0) is 21.3. The molecule has 0 spiro atoms. The van der Waals surface area contributed by atoms with Gasteiger partial charge in [-0.1, -0.05) is 35.0 Å². The SMILES string of the molecule is Cc1cc(C)n(CCN2CCN(C(=O)c3c(-c4ccccc4Cl)noc3C)CC2)n1. The van der Waals surface area contributed by atoms with Crippen LogP contribution < -0.4 is 0 Å². The topological polar surface area (TPSA) is 67.4 Å². The molecule has 30 heavy (non-hydrogen) atoms. The van der Waals surface area contributed by atoms with Crippen molar-refractivity contribution in [2.75, 3.05) is 32.7 Å². The Kier molecular flexibility index (Phi) is 5.92. The number of benzene rings is 1. The largest absolute Gasteiger partial charge is 0.360 e. The average molecular weight is 428 g/mol. The highest BCUT2D eigenvalue weighted by atomic mass is 35.5. The van der Waals surface area contributed by atoms with Crippen molar-refractivity contribution in [2.24, 2.45) is 0 Å². The first-order valence-corrected chi connectivity index (χ1v) is 10.6. The second-order valence-electron chi connectivity index (χ2n) is 7.73. The summed E-state index contributed by atoms with van der Waals surface area (Å²) in [5.74, 6) is 0.462. The third-order valence-corrected chi connectivity index (χ3v) is 5.93. The van der Waals surface area contributed by atoms with Gasteiger partial charge in [0.15, 0.2) is 0 Å². The molecule has 1 aliphatic rings. The molecule has 8 heteroatoms. The predicted molar refractivity (Wildman–Crippen MR) is 116 cm³/mol. The molecule has 3 aromatic rings. The van der Waals surface area contributed by atoms with E-state index < -0.39 is 0 Å². The fourth-order valence-corrected chi connectivity index (χ4v) is 4.16. The van der Waals surface area contributed by atoms with Crippen LogP contribution in [-0.4, -0.2) is 63.4 Å². The summed E-state index contributed by atoms with van der Waals surface area (Å²) in [6.07, 6.45) is 0. The minimum Gasteiger partial charge on any atom is -0.360 e. The van der Waals surface area contributed by atoms with Crippen LogP contribution in [0.3, 0.4) is 0 Å². The van der Waals surface area contributed by atoms with Gasteiger partial charge >= 0.3 is 0 Å². The molecule has 0 unspecified atom stereocenters. The molecule has 1 saturated heterocycles. The van der Waals surface area contributed by atoms with Crippen molar-refractivity contribution >= 4 is 17.5 Å².